The molecule has 5 heteroatoms. The van der Waals surface area contributed by atoms with Gasteiger partial charge in [-0.2, -0.15) is 63.1 Å². The third-order valence-corrected chi connectivity index (χ3v) is 6.05. The van der Waals surface area contributed by atoms with Gasteiger partial charge < -0.3 is 0 Å². The Bertz CT molecular complexity index is 183. The molecule has 0 heterocycles. The summed E-state index contributed by atoms with van der Waals surface area (Å²) in [6.07, 6.45) is 5.08. The molecular weight excluding hydrogens is 292 g/mol. The van der Waals surface area contributed by atoms with Crippen LogP contribution in [0.15, 0.2) is 0 Å². The van der Waals surface area contributed by atoms with E-state index in [9.17, 15) is 0 Å². The Kier molecular flexibility index (Phi) is 9.74. The molecular formula is C11H24S5. The van der Waals surface area contributed by atoms with Gasteiger partial charge in [0, 0.05) is 15.7 Å². The molecule has 3 unspecified atom stereocenters. The van der Waals surface area contributed by atoms with E-state index in [2.05, 4.69) is 77.0 Å². The lowest BCUT2D eigenvalue weighted by Gasteiger charge is -2.31. The minimum Gasteiger partial charge on any atom is -0.176 e. The minimum atomic E-state index is -0.340. The second-order valence-corrected chi connectivity index (χ2v) is 8.33. The Morgan fingerprint density at radius 1 is 0.875 bits per heavy atom. The minimum absolute atomic E-state index is 0.182. The molecule has 0 saturated carbocycles. The van der Waals surface area contributed by atoms with Crippen LogP contribution in [0.3, 0.4) is 0 Å². The summed E-state index contributed by atoms with van der Waals surface area (Å²) in [7, 11) is 0. The molecule has 0 rings (SSSR count). The lowest BCUT2D eigenvalue weighted by Crippen LogP contribution is -2.30. The molecule has 0 nitrogen and oxygen atoms in total. The van der Waals surface area contributed by atoms with Gasteiger partial charge in [-0.25, -0.2) is 0 Å². The van der Waals surface area contributed by atoms with E-state index in [1.165, 1.54) is 0 Å². The molecule has 0 aromatic heterocycles. The highest BCUT2D eigenvalue weighted by Gasteiger charge is 2.30. The Balaban J connectivity index is 4.07. The molecule has 3 atom stereocenters. The molecule has 0 aliphatic rings. The largest absolute Gasteiger partial charge is 0.176 e. The molecule has 0 aromatic rings. The summed E-state index contributed by atoms with van der Waals surface area (Å²) >= 11 is 22.8. The van der Waals surface area contributed by atoms with Crippen molar-refractivity contribution in [1.29, 1.82) is 0 Å². The zero-order valence-electron chi connectivity index (χ0n) is 10.0. The van der Waals surface area contributed by atoms with Crippen LogP contribution in [-0.4, -0.2) is 19.8 Å². The number of thiol groups is 5. The fourth-order valence-corrected chi connectivity index (χ4v) is 3.09. The second kappa shape index (κ2) is 8.78. The summed E-state index contributed by atoms with van der Waals surface area (Å²) in [6, 6.07) is 0. The Labute approximate surface area is 128 Å². The first-order chi connectivity index (χ1) is 7.33. The molecule has 0 aliphatic carbocycles. The molecule has 0 spiro atoms. The smallest absolute Gasteiger partial charge is 0.0677 e. The van der Waals surface area contributed by atoms with Gasteiger partial charge in [0.25, 0.3) is 0 Å². The Morgan fingerprint density at radius 3 is 1.81 bits per heavy atom. The number of hydrogen-bond donors (Lipinski definition) is 5. The van der Waals surface area contributed by atoms with E-state index in [0.29, 0.717) is 10.5 Å². The third-order valence-electron chi connectivity index (χ3n) is 2.79. The van der Waals surface area contributed by atoms with Crippen molar-refractivity contribution in [2.75, 3.05) is 0 Å². The highest BCUT2D eigenvalue weighted by Crippen LogP contribution is 2.37. The lowest BCUT2D eigenvalue weighted by molar-refractivity contribution is 0.591. The van der Waals surface area contributed by atoms with Crippen LogP contribution in [0.2, 0.25) is 0 Å². The van der Waals surface area contributed by atoms with Gasteiger partial charge in [0.05, 0.1) is 4.08 Å². The van der Waals surface area contributed by atoms with Crippen LogP contribution in [0.4, 0.5) is 0 Å². The highest BCUT2D eigenvalue weighted by molar-refractivity contribution is 8.02. The standard InChI is InChI=1S/C11H24S5/c1-3-8(12)5-6-10(14)11(15,16)7-9(13)4-2/h8-10,12-16H,3-7H2,1-2H3. The van der Waals surface area contributed by atoms with Crippen molar-refractivity contribution in [3.05, 3.63) is 0 Å². The first kappa shape index (κ1) is 17.8. The Hall–Kier alpha value is 1.75. The average Bonchev–Trinajstić information content (AvgIpc) is 2.24. The predicted molar refractivity (Wildman–Crippen MR) is 93.5 cm³/mol. The predicted octanol–water partition coefficient (Wildman–Crippen LogP) is 4.43. The molecule has 0 radical (unpaired) electrons. The monoisotopic (exact) mass is 316 g/mol. The first-order valence-corrected chi connectivity index (χ1v) is 8.26. The maximum Gasteiger partial charge on any atom is 0.0677 e. The van der Waals surface area contributed by atoms with Crippen LogP contribution in [0.1, 0.15) is 46.0 Å². The first-order valence-electron chi connectivity index (χ1n) is 5.82. The van der Waals surface area contributed by atoms with Crippen LogP contribution in [0, 0.1) is 0 Å². The molecule has 0 N–H and O–H groups in total. The molecule has 0 amide bonds. The molecule has 0 bridgehead atoms. The summed E-state index contributed by atoms with van der Waals surface area (Å²) in [5.41, 5.74) is 0. The van der Waals surface area contributed by atoms with Gasteiger partial charge in [0.2, 0.25) is 0 Å². The van der Waals surface area contributed by atoms with Crippen LogP contribution in [-0.2, 0) is 0 Å². The van der Waals surface area contributed by atoms with Gasteiger partial charge in [0.1, 0.15) is 0 Å². The van der Waals surface area contributed by atoms with Crippen LogP contribution < -0.4 is 0 Å². The molecule has 0 aromatic carbocycles. The summed E-state index contributed by atoms with van der Waals surface area (Å²) in [4.78, 5) is 0. The zero-order chi connectivity index (χ0) is 12.8. The van der Waals surface area contributed by atoms with Crippen molar-refractivity contribution < 1.29 is 0 Å². The lowest BCUT2D eigenvalue weighted by atomic mass is 10.0. The van der Waals surface area contributed by atoms with Crippen LogP contribution in [0.5, 0.6) is 0 Å². The van der Waals surface area contributed by atoms with Crippen LogP contribution in [0.25, 0.3) is 0 Å². The van der Waals surface area contributed by atoms with Crippen molar-refractivity contribution in [2.24, 2.45) is 0 Å². The highest BCUT2D eigenvalue weighted by atomic mass is 32.2. The van der Waals surface area contributed by atoms with E-state index >= 15 is 0 Å². The van der Waals surface area contributed by atoms with Gasteiger partial charge in [0.15, 0.2) is 0 Å². The van der Waals surface area contributed by atoms with Gasteiger partial charge in [-0.05, 0) is 32.1 Å². The SMILES string of the molecule is CCC(S)CCC(S)C(S)(S)CC(S)CC. The van der Waals surface area contributed by atoms with E-state index in [1.54, 1.807) is 0 Å². The fraction of sp³-hybridized carbons (Fsp3) is 1.00. The Morgan fingerprint density at radius 2 is 1.38 bits per heavy atom. The van der Waals surface area contributed by atoms with Crippen molar-refractivity contribution in [3.8, 4) is 0 Å². The average molecular weight is 317 g/mol. The summed E-state index contributed by atoms with van der Waals surface area (Å²) < 4.78 is -0.340. The molecule has 0 aliphatic heterocycles. The van der Waals surface area contributed by atoms with E-state index < -0.39 is 0 Å². The molecule has 0 fully saturated rings. The summed E-state index contributed by atoms with van der Waals surface area (Å²) in [6.45, 7) is 4.28. The summed E-state index contributed by atoms with van der Waals surface area (Å²) in [5.74, 6) is 0. The van der Waals surface area contributed by atoms with Crippen molar-refractivity contribution in [3.63, 3.8) is 0 Å². The maximum absolute atomic E-state index is 4.62. The normalized spacial score (nSPS) is 18.2. The number of hydrogen-bond acceptors (Lipinski definition) is 5. The fourth-order valence-electron chi connectivity index (χ4n) is 1.41. The van der Waals surface area contributed by atoms with E-state index in [-0.39, 0.29) is 9.33 Å². The molecule has 16 heavy (non-hydrogen) atoms. The quantitative estimate of drug-likeness (QED) is 0.318. The molecule has 0 saturated heterocycles. The zero-order valence-corrected chi connectivity index (χ0v) is 14.5. The van der Waals surface area contributed by atoms with Crippen LogP contribution >= 0.6 is 63.1 Å². The van der Waals surface area contributed by atoms with E-state index in [0.717, 1.165) is 32.1 Å². The van der Waals surface area contributed by atoms with Crippen molar-refractivity contribution in [1.82, 2.24) is 0 Å². The third kappa shape index (κ3) is 7.24. The van der Waals surface area contributed by atoms with Gasteiger partial charge in [-0.3, -0.25) is 0 Å². The molecule has 98 valence electrons. The van der Waals surface area contributed by atoms with Crippen molar-refractivity contribution in [2.45, 2.75) is 65.8 Å². The maximum atomic E-state index is 4.62. The van der Waals surface area contributed by atoms with Gasteiger partial charge >= 0.3 is 0 Å². The van der Waals surface area contributed by atoms with Crippen molar-refractivity contribution >= 4 is 63.1 Å². The van der Waals surface area contributed by atoms with E-state index in [1.807, 2.05) is 0 Å². The van der Waals surface area contributed by atoms with Gasteiger partial charge in [-0.15, -0.1) is 0 Å². The number of rotatable bonds is 8. The van der Waals surface area contributed by atoms with E-state index in [4.69, 9.17) is 0 Å². The summed E-state index contributed by atoms with van der Waals surface area (Å²) in [5, 5.41) is 0.995. The second-order valence-electron chi connectivity index (χ2n) is 4.30. The van der Waals surface area contributed by atoms with Gasteiger partial charge in [-0.1, -0.05) is 13.8 Å². The topological polar surface area (TPSA) is 0 Å².